The zero-order valence-corrected chi connectivity index (χ0v) is 11.3. The topological polar surface area (TPSA) is 81.7 Å². The number of carbonyl (C=O) groups excluding carboxylic acids is 1. The fraction of sp³-hybridized carbons (Fsp3) is 0.300. The number of esters is 1. The smallest absolute Gasteiger partial charge is 0.343 e. The monoisotopic (exact) mass is 293 g/mol. The Hall–Kier alpha value is -1.31. The lowest BCUT2D eigenvalue weighted by Gasteiger charge is -2.08. The molecule has 1 rings (SSSR count). The molecule has 1 aromatic rings. The normalized spacial score (nSPS) is 11.1. The first-order valence-corrected chi connectivity index (χ1v) is 6.69. The van der Waals surface area contributed by atoms with Gasteiger partial charge < -0.3 is 9.47 Å². The van der Waals surface area contributed by atoms with E-state index in [1.54, 1.807) is 0 Å². The van der Waals surface area contributed by atoms with Crippen molar-refractivity contribution >= 4 is 27.6 Å². The molecule has 0 aliphatic rings. The van der Waals surface area contributed by atoms with Gasteiger partial charge in [-0.05, 0) is 25.2 Å². The van der Waals surface area contributed by atoms with Crippen molar-refractivity contribution in [3.63, 3.8) is 0 Å². The minimum Gasteiger partial charge on any atom is -0.480 e. The fourth-order valence-electron chi connectivity index (χ4n) is 1.08. The van der Waals surface area contributed by atoms with Gasteiger partial charge in [0.1, 0.15) is 5.75 Å². The van der Waals surface area contributed by atoms with Gasteiger partial charge in [-0.3, -0.25) is 0 Å². The molecule has 1 aromatic carbocycles. The summed E-state index contributed by atoms with van der Waals surface area (Å²) in [7, 11) is -1.03. The first-order chi connectivity index (χ1) is 8.40. The Morgan fingerprint density at radius 2 is 2.11 bits per heavy atom. The standard InChI is InChI=1S/C10H12ClNO5S/c1-12-18(14,15)7-3-4-9(8(11)5-7)17-6-10(13)16-2/h3-5,12H,6H2,1-2H3. The van der Waals surface area contributed by atoms with Crippen LogP contribution in [-0.4, -0.2) is 35.2 Å². The van der Waals surface area contributed by atoms with Crippen molar-refractivity contribution < 1.29 is 22.7 Å². The summed E-state index contributed by atoms with van der Waals surface area (Å²) in [6.45, 7) is -0.297. The summed E-state index contributed by atoms with van der Waals surface area (Å²) < 4.78 is 34.6. The molecule has 8 heteroatoms. The lowest BCUT2D eigenvalue weighted by molar-refractivity contribution is -0.142. The summed E-state index contributed by atoms with van der Waals surface area (Å²) >= 11 is 5.85. The minimum atomic E-state index is -3.56. The van der Waals surface area contributed by atoms with Gasteiger partial charge in [0.25, 0.3) is 0 Å². The van der Waals surface area contributed by atoms with Gasteiger partial charge in [0.2, 0.25) is 10.0 Å². The molecule has 0 bridgehead atoms. The van der Waals surface area contributed by atoms with E-state index in [0.717, 1.165) is 0 Å². The number of sulfonamides is 1. The molecule has 0 unspecified atom stereocenters. The fourth-order valence-corrected chi connectivity index (χ4v) is 2.13. The summed E-state index contributed by atoms with van der Waals surface area (Å²) in [5.74, 6) is -0.352. The van der Waals surface area contributed by atoms with Crippen molar-refractivity contribution in [2.75, 3.05) is 20.8 Å². The predicted octanol–water partition coefficient (Wildman–Crippen LogP) is 0.800. The van der Waals surface area contributed by atoms with E-state index in [-0.39, 0.29) is 22.3 Å². The number of benzene rings is 1. The number of hydrogen-bond donors (Lipinski definition) is 1. The zero-order valence-electron chi connectivity index (χ0n) is 9.77. The van der Waals surface area contributed by atoms with Crippen molar-refractivity contribution in [1.29, 1.82) is 0 Å². The molecule has 0 aliphatic carbocycles. The van der Waals surface area contributed by atoms with Crippen molar-refractivity contribution in [2.45, 2.75) is 4.90 Å². The second-order valence-electron chi connectivity index (χ2n) is 3.16. The van der Waals surface area contributed by atoms with E-state index in [0.29, 0.717) is 0 Å². The number of halogens is 1. The second kappa shape index (κ2) is 6.03. The quantitative estimate of drug-likeness (QED) is 0.812. The number of carbonyl (C=O) groups is 1. The molecule has 0 aliphatic heterocycles. The number of rotatable bonds is 5. The average molecular weight is 294 g/mol. The predicted molar refractivity (Wildman–Crippen MR) is 65.2 cm³/mol. The molecule has 0 heterocycles. The first kappa shape index (κ1) is 14.7. The lowest BCUT2D eigenvalue weighted by atomic mass is 10.3. The maximum Gasteiger partial charge on any atom is 0.343 e. The van der Waals surface area contributed by atoms with Gasteiger partial charge in [-0.25, -0.2) is 17.9 Å². The molecule has 0 atom stereocenters. The van der Waals surface area contributed by atoms with E-state index in [4.69, 9.17) is 16.3 Å². The highest BCUT2D eigenvalue weighted by Gasteiger charge is 2.14. The number of methoxy groups -OCH3 is 1. The molecule has 0 saturated heterocycles. The molecular formula is C10H12ClNO5S. The number of hydrogen-bond acceptors (Lipinski definition) is 5. The van der Waals surface area contributed by atoms with Crippen LogP contribution in [0.3, 0.4) is 0 Å². The van der Waals surface area contributed by atoms with Crippen molar-refractivity contribution in [3.05, 3.63) is 23.2 Å². The van der Waals surface area contributed by atoms with Crippen LogP contribution in [0.5, 0.6) is 5.75 Å². The molecule has 0 spiro atoms. The third kappa shape index (κ3) is 3.59. The molecule has 1 N–H and O–H groups in total. The van der Waals surface area contributed by atoms with Crippen LogP contribution in [0.25, 0.3) is 0 Å². The molecule has 0 aromatic heterocycles. The second-order valence-corrected chi connectivity index (χ2v) is 5.46. The van der Waals surface area contributed by atoms with Gasteiger partial charge >= 0.3 is 5.97 Å². The van der Waals surface area contributed by atoms with Crippen molar-refractivity contribution in [2.24, 2.45) is 0 Å². The van der Waals surface area contributed by atoms with Crippen molar-refractivity contribution in [3.8, 4) is 5.75 Å². The zero-order chi connectivity index (χ0) is 13.8. The van der Waals surface area contributed by atoms with E-state index in [9.17, 15) is 13.2 Å². The highest BCUT2D eigenvalue weighted by Crippen LogP contribution is 2.27. The first-order valence-electron chi connectivity index (χ1n) is 4.83. The van der Waals surface area contributed by atoms with Crippen molar-refractivity contribution in [1.82, 2.24) is 4.72 Å². The Labute approximate surface area is 110 Å². The van der Waals surface area contributed by atoms with Crippen LogP contribution in [0.15, 0.2) is 23.1 Å². The van der Waals surface area contributed by atoms with Gasteiger partial charge in [-0.2, -0.15) is 0 Å². The summed E-state index contributed by atoms with van der Waals surface area (Å²) in [6.07, 6.45) is 0. The van der Waals surface area contributed by atoms with E-state index in [1.165, 1.54) is 32.4 Å². The largest absolute Gasteiger partial charge is 0.480 e. The van der Waals surface area contributed by atoms with Crippen LogP contribution in [0.4, 0.5) is 0 Å². The Morgan fingerprint density at radius 3 is 2.61 bits per heavy atom. The average Bonchev–Trinajstić information content (AvgIpc) is 2.36. The SMILES string of the molecule is CNS(=O)(=O)c1ccc(OCC(=O)OC)c(Cl)c1. The Morgan fingerprint density at radius 1 is 1.44 bits per heavy atom. The van der Waals surface area contributed by atoms with Gasteiger partial charge in [0.05, 0.1) is 17.0 Å². The molecule has 0 saturated carbocycles. The molecule has 0 fully saturated rings. The Kier molecular flexibility index (Phi) is 4.94. The minimum absolute atomic E-state index is 0.0143. The van der Waals surface area contributed by atoms with Gasteiger partial charge in [0.15, 0.2) is 6.61 Å². The molecule has 18 heavy (non-hydrogen) atoms. The highest BCUT2D eigenvalue weighted by atomic mass is 35.5. The van der Waals surface area contributed by atoms with Crippen LogP contribution in [0, 0.1) is 0 Å². The van der Waals surface area contributed by atoms with Gasteiger partial charge in [-0.15, -0.1) is 0 Å². The van der Waals surface area contributed by atoms with E-state index >= 15 is 0 Å². The third-order valence-electron chi connectivity index (χ3n) is 2.06. The number of nitrogens with one attached hydrogen (secondary N) is 1. The maximum absolute atomic E-state index is 11.5. The van der Waals surface area contributed by atoms with Crippen LogP contribution in [0.2, 0.25) is 5.02 Å². The van der Waals surface area contributed by atoms with E-state index in [2.05, 4.69) is 9.46 Å². The molecular weight excluding hydrogens is 282 g/mol. The lowest BCUT2D eigenvalue weighted by Crippen LogP contribution is -2.18. The van der Waals surface area contributed by atoms with Gasteiger partial charge in [0, 0.05) is 0 Å². The van der Waals surface area contributed by atoms with Crippen LogP contribution in [0.1, 0.15) is 0 Å². The third-order valence-corrected chi connectivity index (χ3v) is 3.76. The summed E-state index contributed by atoms with van der Waals surface area (Å²) in [5, 5.41) is 0.0928. The highest BCUT2D eigenvalue weighted by molar-refractivity contribution is 7.89. The van der Waals surface area contributed by atoms with E-state index < -0.39 is 16.0 Å². The van der Waals surface area contributed by atoms with E-state index in [1.807, 2.05) is 0 Å². The maximum atomic E-state index is 11.5. The van der Waals surface area contributed by atoms with Crippen LogP contribution in [-0.2, 0) is 19.6 Å². The molecule has 6 nitrogen and oxygen atoms in total. The molecule has 0 amide bonds. The summed E-state index contributed by atoms with van der Waals surface area (Å²) in [4.78, 5) is 10.9. The van der Waals surface area contributed by atoms with Crippen LogP contribution >= 0.6 is 11.6 Å². The molecule has 0 radical (unpaired) electrons. The summed E-state index contributed by atoms with van der Waals surface area (Å²) in [5.41, 5.74) is 0. The number of ether oxygens (including phenoxy) is 2. The van der Waals surface area contributed by atoms with Crippen LogP contribution < -0.4 is 9.46 Å². The Balaban J connectivity index is 2.90. The van der Waals surface area contributed by atoms with Gasteiger partial charge in [-0.1, -0.05) is 11.6 Å². The summed E-state index contributed by atoms with van der Waals surface area (Å²) in [6, 6.07) is 3.93. The molecule has 100 valence electrons. The Bertz CT molecular complexity index is 543.